The van der Waals surface area contributed by atoms with Crippen LogP contribution in [0.1, 0.15) is 0 Å². The molecular weight excluding hydrogens is 425 g/mol. The second-order valence-corrected chi connectivity index (χ2v) is 7.53. The van der Waals surface area contributed by atoms with E-state index in [4.69, 9.17) is 16.3 Å². The zero-order valence-corrected chi connectivity index (χ0v) is 17.6. The van der Waals surface area contributed by atoms with E-state index in [1.807, 2.05) is 60.7 Å². The van der Waals surface area contributed by atoms with Gasteiger partial charge in [-0.1, -0.05) is 35.9 Å². The quantitative estimate of drug-likeness (QED) is 0.304. The number of hydrogen-bond acceptors (Lipinski definition) is 4. The lowest BCUT2D eigenvalue weighted by molar-refractivity contribution is 0.483. The van der Waals surface area contributed by atoms with Gasteiger partial charge in [0.25, 0.3) is 0 Å². The number of fused-ring (bicyclic) bond motifs is 1. The number of hydrogen-bond donors (Lipinski definition) is 1. The zero-order chi connectivity index (χ0) is 21.9. The van der Waals surface area contributed by atoms with E-state index in [-0.39, 0.29) is 5.82 Å². The molecule has 5 aromatic rings. The van der Waals surface area contributed by atoms with Crippen LogP contribution in [0.2, 0.25) is 5.02 Å². The molecule has 156 valence electrons. The first-order valence-corrected chi connectivity index (χ1v) is 10.4. The average Bonchev–Trinajstić information content (AvgIpc) is 2.82. The SMILES string of the molecule is Fc1ccccc1-c1nc(Nc2ccc(Oc3ccc(Cl)cc3)cc2)c2ccccc2n1. The molecule has 0 aliphatic carbocycles. The maximum atomic E-state index is 14.4. The molecule has 4 aromatic carbocycles. The highest BCUT2D eigenvalue weighted by atomic mass is 35.5. The molecule has 0 radical (unpaired) electrons. The number of para-hydroxylation sites is 1. The average molecular weight is 442 g/mol. The zero-order valence-electron chi connectivity index (χ0n) is 16.8. The van der Waals surface area contributed by atoms with E-state index >= 15 is 0 Å². The molecule has 4 nitrogen and oxygen atoms in total. The number of nitrogens with zero attached hydrogens (tertiary/aromatic N) is 2. The molecule has 0 bridgehead atoms. The first kappa shape index (κ1) is 20.0. The lowest BCUT2D eigenvalue weighted by atomic mass is 10.1. The Balaban J connectivity index is 1.45. The Kier molecular flexibility index (Phi) is 5.40. The van der Waals surface area contributed by atoms with Crippen molar-refractivity contribution >= 4 is 34.0 Å². The number of anilines is 2. The van der Waals surface area contributed by atoms with E-state index in [1.165, 1.54) is 6.07 Å². The van der Waals surface area contributed by atoms with Gasteiger partial charge in [-0.3, -0.25) is 0 Å². The minimum Gasteiger partial charge on any atom is -0.457 e. The summed E-state index contributed by atoms with van der Waals surface area (Å²) in [6.45, 7) is 0. The van der Waals surface area contributed by atoms with Gasteiger partial charge in [0.15, 0.2) is 5.82 Å². The fourth-order valence-corrected chi connectivity index (χ4v) is 3.44. The molecular formula is C26H17ClFN3O. The molecule has 1 aromatic heterocycles. The molecule has 32 heavy (non-hydrogen) atoms. The number of benzene rings is 4. The van der Waals surface area contributed by atoms with Crippen molar-refractivity contribution in [1.82, 2.24) is 9.97 Å². The third kappa shape index (κ3) is 4.24. The minimum atomic E-state index is -0.363. The van der Waals surface area contributed by atoms with Crippen LogP contribution in [-0.2, 0) is 0 Å². The minimum absolute atomic E-state index is 0.326. The molecule has 0 atom stereocenters. The summed E-state index contributed by atoms with van der Waals surface area (Å²) >= 11 is 5.92. The van der Waals surface area contributed by atoms with Crippen LogP contribution in [0.15, 0.2) is 97.1 Å². The van der Waals surface area contributed by atoms with Gasteiger partial charge in [0.2, 0.25) is 0 Å². The molecule has 5 rings (SSSR count). The Labute approximate surface area is 189 Å². The van der Waals surface area contributed by atoms with Crippen molar-refractivity contribution in [3.63, 3.8) is 0 Å². The molecule has 0 fully saturated rings. The Morgan fingerprint density at radius 1 is 0.719 bits per heavy atom. The summed E-state index contributed by atoms with van der Waals surface area (Å²) in [5.41, 5.74) is 1.90. The van der Waals surface area contributed by atoms with Crippen LogP contribution in [0.5, 0.6) is 11.5 Å². The van der Waals surface area contributed by atoms with Crippen molar-refractivity contribution in [3.8, 4) is 22.9 Å². The van der Waals surface area contributed by atoms with Crippen LogP contribution in [-0.4, -0.2) is 9.97 Å². The normalized spacial score (nSPS) is 10.8. The van der Waals surface area contributed by atoms with Gasteiger partial charge >= 0.3 is 0 Å². The van der Waals surface area contributed by atoms with Crippen LogP contribution in [0.4, 0.5) is 15.9 Å². The first-order chi connectivity index (χ1) is 15.7. The third-order valence-corrected chi connectivity index (χ3v) is 5.14. The molecule has 1 heterocycles. The van der Waals surface area contributed by atoms with E-state index < -0.39 is 0 Å². The van der Waals surface area contributed by atoms with Crippen molar-refractivity contribution in [2.45, 2.75) is 0 Å². The number of halogens is 2. The number of aromatic nitrogens is 2. The molecule has 1 N–H and O–H groups in total. The summed E-state index contributed by atoms with van der Waals surface area (Å²) in [6.07, 6.45) is 0. The second-order valence-electron chi connectivity index (χ2n) is 7.10. The van der Waals surface area contributed by atoms with E-state index in [9.17, 15) is 4.39 Å². The molecule has 0 saturated carbocycles. The molecule has 6 heteroatoms. The molecule has 0 aliphatic rings. The largest absolute Gasteiger partial charge is 0.457 e. The Morgan fingerprint density at radius 2 is 1.38 bits per heavy atom. The van der Waals surface area contributed by atoms with E-state index in [1.54, 1.807) is 30.3 Å². The van der Waals surface area contributed by atoms with E-state index in [0.717, 1.165) is 16.6 Å². The molecule has 0 aliphatic heterocycles. The lowest BCUT2D eigenvalue weighted by Gasteiger charge is -2.12. The third-order valence-electron chi connectivity index (χ3n) is 4.88. The van der Waals surface area contributed by atoms with Crippen LogP contribution in [0, 0.1) is 5.82 Å². The number of rotatable bonds is 5. The lowest BCUT2D eigenvalue weighted by Crippen LogP contribution is -2.00. The predicted molar refractivity (Wildman–Crippen MR) is 126 cm³/mol. The van der Waals surface area contributed by atoms with Crippen LogP contribution < -0.4 is 10.1 Å². The first-order valence-electron chi connectivity index (χ1n) is 9.98. The van der Waals surface area contributed by atoms with Crippen LogP contribution >= 0.6 is 11.6 Å². The monoisotopic (exact) mass is 441 g/mol. The molecule has 0 spiro atoms. The molecule has 0 amide bonds. The van der Waals surface area contributed by atoms with E-state index in [2.05, 4.69) is 15.3 Å². The standard InChI is InChI=1S/C26H17ClFN3O/c27-17-9-13-19(14-10-17)32-20-15-11-18(12-16-20)29-26-22-6-2-4-8-24(22)30-25(31-26)21-5-1-3-7-23(21)28/h1-16H,(H,29,30,31). The highest BCUT2D eigenvalue weighted by Gasteiger charge is 2.12. The smallest absolute Gasteiger partial charge is 0.165 e. The topological polar surface area (TPSA) is 47.0 Å². The Morgan fingerprint density at radius 3 is 2.12 bits per heavy atom. The highest BCUT2D eigenvalue weighted by molar-refractivity contribution is 6.30. The van der Waals surface area contributed by atoms with Gasteiger partial charge in [-0.2, -0.15) is 0 Å². The summed E-state index contributed by atoms with van der Waals surface area (Å²) in [5.74, 6) is 1.95. The fourth-order valence-electron chi connectivity index (χ4n) is 3.32. The van der Waals surface area contributed by atoms with E-state index in [0.29, 0.717) is 33.7 Å². The fraction of sp³-hybridized carbons (Fsp3) is 0. The summed E-state index contributed by atoms with van der Waals surface area (Å²) in [4.78, 5) is 9.17. The summed E-state index contributed by atoms with van der Waals surface area (Å²) < 4.78 is 20.2. The van der Waals surface area contributed by atoms with Crippen LogP contribution in [0.3, 0.4) is 0 Å². The van der Waals surface area contributed by atoms with Gasteiger partial charge < -0.3 is 10.1 Å². The van der Waals surface area contributed by atoms with Crippen molar-refractivity contribution in [2.75, 3.05) is 5.32 Å². The van der Waals surface area contributed by atoms with Gasteiger partial charge in [-0.15, -0.1) is 0 Å². The van der Waals surface area contributed by atoms with Crippen molar-refractivity contribution in [2.24, 2.45) is 0 Å². The van der Waals surface area contributed by atoms with Gasteiger partial charge in [-0.25, -0.2) is 14.4 Å². The Hall–Kier alpha value is -3.96. The van der Waals surface area contributed by atoms with Gasteiger partial charge in [0, 0.05) is 16.1 Å². The van der Waals surface area contributed by atoms with Crippen molar-refractivity contribution in [1.29, 1.82) is 0 Å². The van der Waals surface area contributed by atoms with Gasteiger partial charge in [0.05, 0.1) is 11.1 Å². The Bertz CT molecular complexity index is 1390. The van der Waals surface area contributed by atoms with Crippen molar-refractivity contribution in [3.05, 3.63) is 108 Å². The van der Waals surface area contributed by atoms with Crippen LogP contribution in [0.25, 0.3) is 22.3 Å². The van der Waals surface area contributed by atoms with Gasteiger partial charge in [-0.05, 0) is 72.8 Å². The predicted octanol–water partition coefficient (Wildman–Crippen LogP) is 7.63. The number of nitrogens with one attached hydrogen (secondary N) is 1. The van der Waals surface area contributed by atoms with Gasteiger partial charge in [0.1, 0.15) is 23.1 Å². The second kappa shape index (κ2) is 8.65. The maximum absolute atomic E-state index is 14.4. The molecule has 0 unspecified atom stereocenters. The summed E-state index contributed by atoms with van der Waals surface area (Å²) in [7, 11) is 0. The summed E-state index contributed by atoms with van der Waals surface area (Å²) in [5, 5.41) is 4.83. The van der Waals surface area contributed by atoms with Crippen molar-refractivity contribution < 1.29 is 9.13 Å². The highest BCUT2D eigenvalue weighted by Crippen LogP contribution is 2.30. The molecule has 0 saturated heterocycles. The maximum Gasteiger partial charge on any atom is 0.165 e. The number of ether oxygens (including phenoxy) is 1. The summed E-state index contributed by atoms with van der Waals surface area (Å²) in [6, 6.07) is 28.8.